The van der Waals surface area contributed by atoms with Crippen LogP contribution in [0.1, 0.15) is 90.9 Å². The van der Waals surface area contributed by atoms with E-state index in [-0.39, 0.29) is 0 Å². The van der Waals surface area contributed by atoms with Crippen LogP contribution in [-0.2, 0) is 4.74 Å². The van der Waals surface area contributed by atoms with Crippen molar-refractivity contribution in [2.45, 2.75) is 96.9 Å². The van der Waals surface area contributed by atoms with Crippen molar-refractivity contribution in [3.63, 3.8) is 0 Å². The molecule has 20 heavy (non-hydrogen) atoms. The van der Waals surface area contributed by atoms with Crippen molar-refractivity contribution in [2.24, 2.45) is 0 Å². The molecule has 1 fully saturated rings. The molecule has 2 heteroatoms. The average Bonchev–Trinajstić information content (AvgIpc) is 2.98. The highest BCUT2D eigenvalue weighted by molar-refractivity contribution is 4.73. The van der Waals surface area contributed by atoms with Crippen LogP contribution < -0.4 is 0 Å². The Bertz CT molecular complexity index is 188. The smallest absolute Gasteiger partial charge is 0.0994 e. The Morgan fingerprint density at radius 3 is 1.80 bits per heavy atom. The molecule has 0 radical (unpaired) electrons. The highest BCUT2D eigenvalue weighted by Gasteiger charge is 2.21. The van der Waals surface area contributed by atoms with Gasteiger partial charge in [-0.05, 0) is 12.8 Å². The summed E-state index contributed by atoms with van der Waals surface area (Å²) in [6, 6.07) is 0.792. The molecule has 0 aliphatic carbocycles. The predicted molar refractivity (Wildman–Crippen MR) is 88.1 cm³/mol. The van der Waals surface area contributed by atoms with Gasteiger partial charge in [0.1, 0.15) is 0 Å². The van der Waals surface area contributed by atoms with Gasteiger partial charge in [0.05, 0.1) is 13.3 Å². The number of nitrogens with zero attached hydrogens (tertiary/aromatic N) is 1. The van der Waals surface area contributed by atoms with Crippen molar-refractivity contribution >= 4 is 0 Å². The highest BCUT2D eigenvalue weighted by atomic mass is 16.5. The molecule has 0 aromatic carbocycles. The maximum Gasteiger partial charge on any atom is 0.0994 e. The molecule has 0 amide bonds. The van der Waals surface area contributed by atoms with Crippen LogP contribution in [0.2, 0.25) is 0 Å². The van der Waals surface area contributed by atoms with Crippen molar-refractivity contribution in [2.75, 3.05) is 19.9 Å². The summed E-state index contributed by atoms with van der Waals surface area (Å²) in [4.78, 5) is 2.58. The quantitative estimate of drug-likeness (QED) is 0.422. The lowest BCUT2D eigenvalue weighted by Crippen LogP contribution is -2.33. The minimum Gasteiger partial charge on any atom is -0.365 e. The first-order valence-corrected chi connectivity index (χ1v) is 9.20. The summed E-state index contributed by atoms with van der Waals surface area (Å²) in [6.45, 7) is 7.58. The zero-order chi connectivity index (χ0) is 14.5. The van der Waals surface area contributed by atoms with Gasteiger partial charge in [0.15, 0.2) is 0 Å². The van der Waals surface area contributed by atoms with Crippen LogP contribution in [0.5, 0.6) is 0 Å². The SMILES string of the molecule is CCCCCCCC(CCCCCCC)N1CCOC1. The van der Waals surface area contributed by atoms with E-state index in [0.29, 0.717) is 0 Å². The number of ether oxygens (including phenoxy) is 1. The standard InChI is InChI=1S/C18H37NO/c1-3-5-7-9-11-13-18(19-15-16-20-17-19)14-12-10-8-6-4-2/h18H,3-17H2,1-2H3. The van der Waals surface area contributed by atoms with E-state index in [0.717, 1.165) is 25.9 Å². The van der Waals surface area contributed by atoms with Crippen LogP contribution >= 0.6 is 0 Å². The summed E-state index contributed by atoms with van der Waals surface area (Å²) < 4.78 is 5.55. The van der Waals surface area contributed by atoms with Crippen LogP contribution in [0.15, 0.2) is 0 Å². The molecule has 0 aromatic heterocycles. The zero-order valence-electron chi connectivity index (χ0n) is 14.0. The largest absolute Gasteiger partial charge is 0.365 e. The highest BCUT2D eigenvalue weighted by Crippen LogP contribution is 2.20. The molecule has 120 valence electrons. The third kappa shape index (κ3) is 8.26. The summed E-state index contributed by atoms with van der Waals surface area (Å²) in [7, 11) is 0. The van der Waals surface area contributed by atoms with Crippen LogP contribution in [-0.4, -0.2) is 30.8 Å². The lowest BCUT2D eigenvalue weighted by Gasteiger charge is -2.26. The van der Waals surface area contributed by atoms with Crippen molar-refractivity contribution in [3.05, 3.63) is 0 Å². The Morgan fingerprint density at radius 2 is 1.35 bits per heavy atom. The fraction of sp³-hybridized carbons (Fsp3) is 1.00. The Balaban J connectivity index is 2.14. The molecule has 0 saturated carbocycles. The molecule has 1 saturated heterocycles. The van der Waals surface area contributed by atoms with E-state index in [9.17, 15) is 0 Å². The van der Waals surface area contributed by atoms with E-state index in [2.05, 4.69) is 18.7 Å². The summed E-state index contributed by atoms with van der Waals surface area (Å²) in [5.74, 6) is 0. The molecular weight excluding hydrogens is 246 g/mol. The van der Waals surface area contributed by atoms with Gasteiger partial charge in [-0.15, -0.1) is 0 Å². The van der Waals surface area contributed by atoms with Gasteiger partial charge in [-0.2, -0.15) is 0 Å². The summed E-state index contributed by atoms with van der Waals surface area (Å²) in [5.41, 5.74) is 0. The molecule has 0 unspecified atom stereocenters. The van der Waals surface area contributed by atoms with Crippen LogP contribution in [0.25, 0.3) is 0 Å². The number of hydrogen-bond acceptors (Lipinski definition) is 2. The van der Waals surface area contributed by atoms with Gasteiger partial charge in [0, 0.05) is 12.6 Å². The number of hydrogen-bond donors (Lipinski definition) is 0. The minimum absolute atomic E-state index is 0.792. The second-order valence-corrected chi connectivity index (χ2v) is 6.41. The zero-order valence-corrected chi connectivity index (χ0v) is 14.0. The molecule has 0 atom stereocenters. The van der Waals surface area contributed by atoms with Gasteiger partial charge in [0.25, 0.3) is 0 Å². The Labute approximate surface area is 127 Å². The number of unbranched alkanes of at least 4 members (excludes halogenated alkanes) is 8. The molecule has 2 nitrogen and oxygen atoms in total. The van der Waals surface area contributed by atoms with Gasteiger partial charge >= 0.3 is 0 Å². The van der Waals surface area contributed by atoms with Crippen LogP contribution in [0.3, 0.4) is 0 Å². The first-order valence-electron chi connectivity index (χ1n) is 9.20. The van der Waals surface area contributed by atoms with Crippen molar-refractivity contribution in [1.82, 2.24) is 4.90 Å². The maximum atomic E-state index is 5.55. The Hall–Kier alpha value is -0.0800. The molecule has 1 rings (SSSR count). The van der Waals surface area contributed by atoms with Gasteiger partial charge in [-0.25, -0.2) is 0 Å². The van der Waals surface area contributed by atoms with E-state index in [1.165, 1.54) is 77.0 Å². The van der Waals surface area contributed by atoms with E-state index in [4.69, 9.17) is 4.74 Å². The first kappa shape index (κ1) is 18.0. The fourth-order valence-electron chi connectivity index (χ4n) is 3.19. The second-order valence-electron chi connectivity index (χ2n) is 6.41. The second kappa shape index (κ2) is 12.6. The van der Waals surface area contributed by atoms with Crippen molar-refractivity contribution in [1.29, 1.82) is 0 Å². The summed E-state index contributed by atoms with van der Waals surface area (Å²) in [5, 5.41) is 0. The molecule has 0 N–H and O–H groups in total. The third-order valence-corrected chi connectivity index (χ3v) is 4.58. The lowest BCUT2D eigenvalue weighted by atomic mass is 9.99. The lowest BCUT2D eigenvalue weighted by molar-refractivity contribution is 0.105. The van der Waals surface area contributed by atoms with E-state index in [1.807, 2.05) is 0 Å². The van der Waals surface area contributed by atoms with E-state index < -0.39 is 0 Å². The third-order valence-electron chi connectivity index (χ3n) is 4.58. The molecular formula is C18H37NO. The van der Waals surface area contributed by atoms with Crippen LogP contribution in [0.4, 0.5) is 0 Å². The van der Waals surface area contributed by atoms with Gasteiger partial charge in [-0.1, -0.05) is 78.1 Å². The number of rotatable bonds is 13. The molecule has 0 bridgehead atoms. The van der Waals surface area contributed by atoms with Crippen LogP contribution in [0, 0.1) is 0 Å². The molecule has 0 aromatic rings. The minimum atomic E-state index is 0.792. The monoisotopic (exact) mass is 283 g/mol. The van der Waals surface area contributed by atoms with Gasteiger partial charge in [0.2, 0.25) is 0 Å². The summed E-state index contributed by atoms with van der Waals surface area (Å²) in [6.07, 6.45) is 16.8. The molecule has 1 aliphatic rings. The first-order chi connectivity index (χ1) is 9.88. The summed E-state index contributed by atoms with van der Waals surface area (Å²) >= 11 is 0. The average molecular weight is 283 g/mol. The van der Waals surface area contributed by atoms with Crippen molar-refractivity contribution in [3.8, 4) is 0 Å². The Kier molecular flexibility index (Phi) is 11.4. The van der Waals surface area contributed by atoms with Crippen molar-refractivity contribution < 1.29 is 4.74 Å². The molecule has 1 aliphatic heterocycles. The van der Waals surface area contributed by atoms with Gasteiger partial charge < -0.3 is 4.74 Å². The van der Waals surface area contributed by atoms with E-state index >= 15 is 0 Å². The predicted octanol–water partition coefficient (Wildman–Crippen LogP) is 5.37. The van der Waals surface area contributed by atoms with E-state index in [1.54, 1.807) is 0 Å². The fourth-order valence-corrected chi connectivity index (χ4v) is 3.19. The molecule has 1 heterocycles. The normalized spacial score (nSPS) is 16.4. The van der Waals surface area contributed by atoms with Gasteiger partial charge in [-0.3, -0.25) is 4.90 Å². The topological polar surface area (TPSA) is 12.5 Å². The molecule has 0 spiro atoms. The maximum absolute atomic E-state index is 5.55. The Morgan fingerprint density at radius 1 is 0.800 bits per heavy atom.